The van der Waals surface area contributed by atoms with E-state index in [9.17, 15) is 9.90 Å². The van der Waals surface area contributed by atoms with Gasteiger partial charge in [-0.15, -0.1) is 5.10 Å². The molecule has 3 aromatic heterocycles. The van der Waals surface area contributed by atoms with Crippen molar-refractivity contribution in [1.29, 1.82) is 0 Å². The van der Waals surface area contributed by atoms with Crippen LogP contribution in [0.1, 0.15) is 28.9 Å². The smallest absolute Gasteiger partial charge is 0.355 e. The monoisotopic (exact) mass is 458 g/mol. The van der Waals surface area contributed by atoms with E-state index < -0.39 is 5.97 Å². The van der Waals surface area contributed by atoms with Crippen LogP contribution in [-0.2, 0) is 7.05 Å². The predicted octanol–water partition coefficient (Wildman–Crippen LogP) is 2.20. The minimum Gasteiger partial charge on any atom is -0.489 e. The number of halogens is 1. The van der Waals surface area contributed by atoms with E-state index in [0.29, 0.717) is 54.3 Å². The second kappa shape index (κ2) is 8.95. The van der Waals surface area contributed by atoms with E-state index in [-0.39, 0.29) is 11.0 Å². The molecule has 0 spiro atoms. The summed E-state index contributed by atoms with van der Waals surface area (Å²) >= 11 is 5.94. The van der Waals surface area contributed by atoms with Gasteiger partial charge in [0.1, 0.15) is 11.5 Å². The zero-order chi connectivity index (χ0) is 22.8. The van der Waals surface area contributed by atoms with Gasteiger partial charge in [0.15, 0.2) is 17.3 Å². The second-order valence-electron chi connectivity index (χ2n) is 7.72. The molecule has 12 heteroatoms. The number of carbonyl (C=O) groups is 1. The fourth-order valence-electron chi connectivity index (χ4n) is 3.70. The van der Waals surface area contributed by atoms with Crippen molar-refractivity contribution in [3.8, 4) is 17.0 Å². The third-order valence-corrected chi connectivity index (χ3v) is 5.63. The molecule has 3 N–H and O–H groups in total. The molecule has 0 unspecified atom stereocenters. The largest absolute Gasteiger partial charge is 0.489 e. The summed E-state index contributed by atoms with van der Waals surface area (Å²) < 4.78 is 7.61. The predicted molar refractivity (Wildman–Crippen MR) is 118 cm³/mol. The Morgan fingerprint density at radius 1 is 1.34 bits per heavy atom. The average Bonchev–Trinajstić information content (AvgIpc) is 3.21. The molecule has 0 atom stereocenters. The van der Waals surface area contributed by atoms with E-state index in [1.807, 2.05) is 11.0 Å². The minimum atomic E-state index is -1.12. The summed E-state index contributed by atoms with van der Waals surface area (Å²) in [4.78, 5) is 25.8. The molecule has 0 radical (unpaired) electrons. The first kappa shape index (κ1) is 21.8. The lowest BCUT2D eigenvalue weighted by molar-refractivity contribution is 0.0689. The molecular weight excluding hydrogens is 436 g/mol. The number of aromatic carboxylic acids is 1. The Bertz CT molecular complexity index is 1140. The highest BCUT2D eigenvalue weighted by Gasteiger charge is 2.25. The summed E-state index contributed by atoms with van der Waals surface area (Å²) in [6.07, 6.45) is 5.14. The van der Waals surface area contributed by atoms with Gasteiger partial charge in [0.25, 0.3) is 0 Å². The lowest BCUT2D eigenvalue weighted by Crippen LogP contribution is -2.37. The van der Waals surface area contributed by atoms with Gasteiger partial charge in [0.05, 0.1) is 12.8 Å². The average molecular weight is 459 g/mol. The fourth-order valence-corrected chi connectivity index (χ4v) is 3.87. The number of hydrogen-bond acceptors (Lipinski definition) is 9. The highest BCUT2D eigenvalue weighted by molar-refractivity contribution is 6.28. The summed E-state index contributed by atoms with van der Waals surface area (Å²) in [5.41, 5.74) is 7.91. The fraction of sp³-hybridized carbons (Fsp3) is 0.400. The van der Waals surface area contributed by atoms with E-state index in [4.69, 9.17) is 22.1 Å². The van der Waals surface area contributed by atoms with Crippen molar-refractivity contribution in [1.82, 2.24) is 29.9 Å². The molecule has 0 saturated carbocycles. The molecule has 1 aliphatic rings. The van der Waals surface area contributed by atoms with Crippen LogP contribution in [0.2, 0.25) is 5.28 Å². The standard InChI is InChI=1S/C20H23ClN8O3/c1-11-16(19(30)31)24-20(21)25-18(11)29-5-3-12(4-6-29)10-32-15-7-13(8-23-17(15)22)14-9-28(2)27-26-14/h7-9,12H,3-6,10H2,1-2H3,(H2,22,23)(H,30,31). The molecule has 11 nitrogen and oxygen atoms in total. The highest BCUT2D eigenvalue weighted by atomic mass is 35.5. The summed E-state index contributed by atoms with van der Waals surface area (Å²) in [5.74, 6) is 0.586. The van der Waals surface area contributed by atoms with Gasteiger partial charge in [0, 0.05) is 37.5 Å². The summed E-state index contributed by atoms with van der Waals surface area (Å²) in [6, 6.07) is 1.82. The molecule has 0 amide bonds. The van der Waals surface area contributed by atoms with Gasteiger partial charge in [-0.2, -0.15) is 0 Å². The van der Waals surface area contributed by atoms with Crippen LogP contribution in [0.25, 0.3) is 11.3 Å². The molecule has 4 heterocycles. The molecule has 32 heavy (non-hydrogen) atoms. The van der Waals surface area contributed by atoms with Gasteiger partial charge in [-0.1, -0.05) is 5.21 Å². The molecular formula is C20H23ClN8O3. The first-order valence-electron chi connectivity index (χ1n) is 10.1. The Morgan fingerprint density at radius 2 is 2.09 bits per heavy atom. The lowest BCUT2D eigenvalue weighted by atomic mass is 9.97. The minimum absolute atomic E-state index is 0.0700. The number of piperidine rings is 1. The number of nitrogens with zero attached hydrogens (tertiary/aromatic N) is 7. The molecule has 168 valence electrons. The molecule has 1 aliphatic heterocycles. The normalized spacial score (nSPS) is 14.5. The number of anilines is 2. The number of carboxylic acid groups (broad SMARTS) is 1. The maximum Gasteiger partial charge on any atom is 0.355 e. The number of carboxylic acids is 1. The molecule has 0 aliphatic carbocycles. The lowest BCUT2D eigenvalue weighted by Gasteiger charge is -2.33. The van der Waals surface area contributed by atoms with Crippen LogP contribution in [0.4, 0.5) is 11.6 Å². The number of hydrogen-bond donors (Lipinski definition) is 2. The van der Waals surface area contributed by atoms with Crippen LogP contribution in [0.3, 0.4) is 0 Å². The van der Waals surface area contributed by atoms with Crippen LogP contribution in [0.15, 0.2) is 18.5 Å². The van der Waals surface area contributed by atoms with Gasteiger partial charge < -0.3 is 20.5 Å². The first-order chi connectivity index (χ1) is 15.3. The van der Waals surface area contributed by atoms with Crippen LogP contribution >= 0.6 is 11.6 Å². The van der Waals surface area contributed by atoms with Crippen molar-refractivity contribution in [2.24, 2.45) is 13.0 Å². The zero-order valence-electron chi connectivity index (χ0n) is 17.7. The summed E-state index contributed by atoms with van der Waals surface area (Å²) in [6.45, 7) is 3.60. The summed E-state index contributed by atoms with van der Waals surface area (Å²) in [7, 11) is 1.80. The van der Waals surface area contributed by atoms with Gasteiger partial charge in [-0.05, 0) is 43.4 Å². The van der Waals surface area contributed by atoms with Gasteiger partial charge in [0.2, 0.25) is 5.28 Å². The topological polar surface area (TPSA) is 145 Å². The molecule has 0 aromatic carbocycles. The Balaban J connectivity index is 1.39. The quantitative estimate of drug-likeness (QED) is 0.527. The molecule has 1 fully saturated rings. The Labute approximate surface area is 189 Å². The van der Waals surface area contributed by atoms with Crippen LogP contribution in [-0.4, -0.2) is 60.7 Å². The maximum atomic E-state index is 11.4. The van der Waals surface area contributed by atoms with Crippen molar-refractivity contribution in [3.05, 3.63) is 35.0 Å². The zero-order valence-corrected chi connectivity index (χ0v) is 18.5. The molecule has 3 aromatic rings. The van der Waals surface area contributed by atoms with Crippen LogP contribution in [0.5, 0.6) is 5.75 Å². The Kier molecular flexibility index (Phi) is 6.08. The summed E-state index contributed by atoms with van der Waals surface area (Å²) in [5, 5.41) is 17.3. The number of nitrogen functional groups attached to an aromatic ring is 1. The molecule has 1 saturated heterocycles. The number of aryl methyl sites for hydroxylation is 1. The van der Waals surface area contributed by atoms with E-state index in [0.717, 1.165) is 18.4 Å². The first-order valence-corrected chi connectivity index (χ1v) is 10.5. The molecule has 0 bridgehead atoms. The van der Waals surface area contributed by atoms with Crippen molar-refractivity contribution >= 4 is 29.2 Å². The third kappa shape index (κ3) is 4.57. The Hall–Kier alpha value is -3.47. The van der Waals surface area contributed by atoms with E-state index in [1.165, 1.54) is 0 Å². The van der Waals surface area contributed by atoms with Gasteiger partial charge in [-0.25, -0.2) is 19.7 Å². The van der Waals surface area contributed by atoms with Gasteiger partial charge in [-0.3, -0.25) is 4.68 Å². The number of pyridine rings is 1. The van der Waals surface area contributed by atoms with Crippen molar-refractivity contribution in [2.75, 3.05) is 30.3 Å². The maximum absolute atomic E-state index is 11.4. The number of nitrogens with two attached hydrogens (primary N) is 1. The number of ether oxygens (including phenoxy) is 1. The van der Waals surface area contributed by atoms with Crippen LogP contribution in [0, 0.1) is 12.8 Å². The number of rotatable bonds is 6. The highest BCUT2D eigenvalue weighted by Crippen LogP contribution is 2.29. The van der Waals surface area contributed by atoms with E-state index >= 15 is 0 Å². The second-order valence-corrected chi connectivity index (χ2v) is 8.06. The van der Waals surface area contributed by atoms with Crippen LogP contribution < -0.4 is 15.4 Å². The Morgan fingerprint density at radius 3 is 2.75 bits per heavy atom. The van der Waals surface area contributed by atoms with E-state index in [1.54, 1.807) is 31.0 Å². The third-order valence-electron chi connectivity index (χ3n) is 5.46. The van der Waals surface area contributed by atoms with Gasteiger partial charge >= 0.3 is 5.97 Å². The molecule has 4 rings (SSSR count). The number of aromatic nitrogens is 6. The SMILES string of the molecule is Cc1c(C(=O)O)nc(Cl)nc1N1CCC(COc2cc(-c3cn(C)nn3)cnc2N)CC1. The van der Waals surface area contributed by atoms with Crippen molar-refractivity contribution < 1.29 is 14.6 Å². The van der Waals surface area contributed by atoms with Crippen molar-refractivity contribution in [2.45, 2.75) is 19.8 Å². The van der Waals surface area contributed by atoms with Crippen molar-refractivity contribution in [3.63, 3.8) is 0 Å². The van der Waals surface area contributed by atoms with E-state index in [2.05, 4.69) is 25.3 Å².